The number of fused-ring (bicyclic) bond motifs is 4. The van der Waals surface area contributed by atoms with Crippen molar-refractivity contribution in [2.75, 3.05) is 0 Å². The Morgan fingerprint density at radius 1 is 1.03 bits per heavy atom. The van der Waals surface area contributed by atoms with Crippen LogP contribution >= 0.6 is 0 Å². The highest BCUT2D eigenvalue weighted by Crippen LogP contribution is 2.54. The topological polar surface area (TPSA) is 64.7 Å². The number of aromatic nitrogens is 4. The lowest BCUT2D eigenvalue weighted by Crippen LogP contribution is -2.45. The Balaban J connectivity index is 1.50. The van der Waals surface area contributed by atoms with Gasteiger partial charge in [0.2, 0.25) is 0 Å². The van der Waals surface area contributed by atoms with E-state index in [1.165, 1.54) is 11.6 Å². The molecule has 0 bridgehead atoms. The van der Waals surface area contributed by atoms with Crippen LogP contribution in [0.3, 0.4) is 0 Å². The fraction of sp³-hybridized carbons (Fsp3) is 0.379. The SMILES string of the molecule is C[C@H]1c2oncc2C[C@@]2(C)c3nc(-c4ccncc4C4CC4)nc(-c4ccccc4F)c3CC[C@H]12. The molecule has 3 aromatic heterocycles. The molecule has 0 radical (unpaired) electrons. The van der Waals surface area contributed by atoms with Crippen molar-refractivity contribution >= 4 is 0 Å². The summed E-state index contributed by atoms with van der Waals surface area (Å²) in [6.45, 7) is 4.56. The summed E-state index contributed by atoms with van der Waals surface area (Å²) in [6.07, 6.45) is 10.6. The van der Waals surface area contributed by atoms with E-state index in [0.29, 0.717) is 23.2 Å². The van der Waals surface area contributed by atoms with Crippen LogP contribution in [-0.2, 0) is 18.3 Å². The van der Waals surface area contributed by atoms with E-state index in [-0.39, 0.29) is 17.2 Å². The van der Waals surface area contributed by atoms with Crippen molar-refractivity contribution in [1.82, 2.24) is 20.1 Å². The van der Waals surface area contributed by atoms with Gasteiger partial charge in [-0.25, -0.2) is 14.4 Å². The van der Waals surface area contributed by atoms with Gasteiger partial charge in [-0.3, -0.25) is 4.98 Å². The number of hydrogen-bond donors (Lipinski definition) is 0. The van der Waals surface area contributed by atoms with Gasteiger partial charge < -0.3 is 4.52 Å². The molecule has 1 aromatic carbocycles. The molecule has 6 heteroatoms. The van der Waals surface area contributed by atoms with Gasteiger partial charge in [0.1, 0.15) is 11.6 Å². The molecule has 0 unspecified atom stereocenters. The molecule has 4 aromatic rings. The molecular formula is C29H27FN4O. The molecule has 1 fully saturated rings. The summed E-state index contributed by atoms with van der Waals surface area (Å²) < 4.78 is 20.8. The molecule has 0 amide bonds. The Hall–Kier alpha value is -3.41. The fourth-order valence-corrected chi connectivity index (χ4v) is 6.69. The number of halogens is 1. The molecule has 3 atom stereocenters. The van der Waals surface area contributed by atoms with Crippen LogP contribution in [0.4, 0.5) is 4.39 Å². The smallest absolute Gasteiger partial charge is 0.160 e. The number of hydrogen-bond acceptors (Lipinski definition) is 5. The first-order valence-electron chi connectivity index (χ1n) is 12.6. The highest BCUT2D eigenvalue weighted by atomic mass is 19.1. The lowest BCUT2D eigenvalue weighted by atomic mass is 9.56. The second-order valence-electron chi connectivity index (χ2n) is 10.7. The van der Waals surface area contributed by atoms with Gasteiger partial charge in [-0.15, -0.1) is 0 Å². The van der Waals surface area contributed by atoms with Gasteiger partial charge in [0.25, 0.3) is 0 Å². The average Bonchev–Trinajstić information content (AvgIpc) is 3.61. The van der Waals surface area contributed by atoms with Crippen molar-refractivity contribution in [2.45, 2.75) is 63.2 Å². The van der Waals surface area contributed by atoms with E-state index in [2.05, 4.69) is 24.0 Å². The lowest BCUT2D eigenvalue weighted by molar-refractivity contribution is 0.172. The van der Waals surface area contributed by atoms with E-state index in [0.717, 1.165) is 65.9 Å². The third kappa shape index (κ3) is 3.12. The van der Waals surface area contributed by atoms with Crippen LogP contribution in [0, 0.1) is 11.7 Å². The normalized spacial score (nSPS) is 25.0. The summed E-state index contributed by atoms with van der Waals surface area (Å²) in [7, 11) is 0. The van der Waals surface area contributed by atoms with Gasteiger partial charge in [-0.05, 0) is 67.7 Å². The van der Waals surface area contributed by atoms with Crippen molar-refractivity contribution in [1.29, 1.82) is 0 Å². The monoisotopic (exact) mass is 466 g/mol. The molecule has 1 saturated carbocycles. The van der Waals surface area contributed by atoms with Gasteiger partial charge >= 0.3 is 0 Å². The first-order valence-corrected chi connectivity index (χ1v) is 12.6. The summed E-state index contributed by atoms with van der Waals surface area (Å²) in [5, 5.41) is 4.11. The van der Waals surface area contributed by atoms with E-state index >= 15 is 4.39 Å². The second-order valence-corrected chi connectivity index (χ2v) is 10.7. The summed E-state index contributed by atoms with van der Waals surface area (Å²) in [4.78, 5) is 14.8. The van der Waals surface area contributed by atoms with Crippen molar-refractivity contribution in [2.24, 2.45) is 5.92 Å². The molecule has 3 heterocycles. The maximum Gasteiger partial charge on any atom is 0.160 e. The van der Waals surface area contributed by atoms with Crippen LogP contribution in [0.5, 0.6) is 0 Å². The molecule has 0 N–H and O–H groups in total. The van der Waals surface area contributed by atoms with E-state index in [9.17, 15) is 0 Å². The average molecular weight is 467 g/mol. The van der Waals surface area contributed by atoms with Crippen LogP contribution in [0.25, 0.3) is 22.6 Å². The molecule has 0 saturated heterocycles. The van der Waals surface area contributed by atoms with Crippen molar-refractivity contribution < 1.29 is 8.91 Å². The predicted molar refractivity (Wildman–Crippen MR) is 130 cm³/mol. The molecule has 7 rings (SSSR count). The Labute approximate surface area is 203 Å². The zero-order valence-corrected chi connectivity index (χ0v) is 20.0. The molecule has 5 nitrogen and oxygen atoms in total. The van der Waals surface area contributed by atoms with Gasteiger partial charge in [0.05, 0.1) is 17.6 Å². The van der Waals surface area contributed by atoms with E-state index in [1.807, 2.05) is 36.8 Å². The zero-order valence-electron chi connectivity index (χ0n) is 20.0. The second kappa shape index (κ2) is 7.54. The van der Waals surface area contributed by atoms with Gasteiger partial charge in [-0.1, -0.05) is 31.1 Å². The maximum absolute atomic E-state index is 15.2. The highest BCUT2D eigenvalue weighted by Gasteiger charge is 2.50. The van der Waals surface area contributed by atoms with Crippen LogP contribution in [-0.4, -0.2) is 20.1 Å². The maximum atomic E-state index is 15.2. The largest absolute Gasteiger partial charge is 0.361 e. The Morgan fingerprint density at radius 2 is 1.89 bits per heavy atom. The first-order chi connectivity index (χ1) is 17.0. The van der Waals surface area contributed by atoms with Gasteiger partial charge in [0.15, 0.2) is 5.82 Å². The zero-order chi connectivity index (χ0) is 23.7. The Morgan fingerprint density at radius 3 is 2.71 bits per heavy atom. The van der Waals surface area contributed by atoms with Crippen molar-refractivity contribution in [3.8, 4) is 22.6 Å². The molecule has 0 spiro atoms. The number of rotatable bonds is 3. The Kier molecular flexibility index (Phi) is 4.51. The summed E-state index contributed by atoms with van der Waals surface area (Å²) in [6, 6.07) is 8.99. The van der Waals surface area contributed by atoms with E-state index in [4.69, 9.17) is 14.5 Å². The van der Waals surface area contributed by atoms with Gasteiger partial charge in [-0.2, -0.15) is 0 Å². The number of pyridine rings is 1. The van der Waals surface area contributed by atoms with Crippen molar-refractivity contribution in [3.63, 3.8) is 0 Å². The lowest BCUT2D eigenvalue weighted by Gasteiger charge is -2.47. The quantitative estimate of drug-likeness (QED) is 0.350. The molecule has 0 aliphatic heterocycles. The fourth-order valence-electron chi connectivity index (χ4n) is 6.69. The first kappa shape index (κ1) is 20.9. The Bertz CT molecular complexity index is 1460. The standard InChI is InChI=1S/C29H27FN4O/c1-16-23-10-9-21-25(20-5-3-4-6-24(20)30)33-28(19-11-12-31-15-22(19)17-7-8-17)34-27(21)29(23,2)13-18-14-32-35-26(16)18/h3-6,11-12,14-17,23H,7-10,13H2,1-2H3/t16-,23-,29-/m1/s1. The minimum absolute atomic E-state index is 0.212. The molecule has 3 aliphatic carbocycles. The van der Waals surface area contributed by atoms with Crippen LogP contribution in [0.1, 0.15) is 73.1 Å². The summed E-state index contributed by atoms with van der Waals surface area (Å²) >= 11 is 0. The van der Waals surface area contributed by atoms with Crippen LogP contribution in [0.15, 0.2) is 53.4 Å². The third-order valence-corrected chi connectivity index (χ3v) is 8.56. The predicted octanol–water partition coefficient (Wildman–Crippen LogP) is 6.39. The minimum atomic E-state index is -0.248. The van der Waals surface area contributed by atoms with E-state index in [1.54, 1.807) is 6.07 Å². The highest BCUT2D eigenvalue weighted by molar-refractivity contribution is 5.71. The third-order valence-electron chi connectivity index (χ3n) is 8.56. The van der Waals surface area contributed by atoms with Crippen LogP contribution in [0.2, 0.25) is 0 Å². The summed E-state index contributed by atoms with van der Waals surface area (Å²) in [5.74, 6) is 2.56. The minimum Gasteiger partial charge on any atom is -0.361 e. The van der Waals surface area contributed by atoms with Crippen molar-refractivity contribution in [3.05, 3.63) is 82.9 Å². The van der Waals surface area contributed by atoms with Gasteiger partial charge in [0, 0.05) is 46.0 Å². The summed E-state index contributed by atoms with van der Waals surface area (Å²) in [5.41, 5.74) is 6.55. The number of nitrogens with zero attached hydrogens (tertiary/aromatic N) is 4. The van der Waals surface area contributed by atoms with E-state index < -0.39 is 0 Å². The molecular weight excluding hydrogens is 439 g/mol. The molecule has 176 valence electrons. The number of benzene rings is 1. The van der Waals surface area contributed by atoms with Crippen LogP contribution < -0.4 is 0 Å². The molecule has 35 heavy (non-hydrogen) atoms. The molecule has 3 aliphatic rings.